The molecule has 2 unspecified atom stereocenters. The number of amides is 2. The summed E-state index contributed by atoms with van der Waals surface area (Å²) in [5.74, 6) is -0.975. The molecule has 1 fully saturated rings. The van der Waals surface area contributed by atoms with E-state index in [2.05, 4.69) is 10.3 Å². The van der Waals surface area contributed by atoms with E-state index in [1.54, 1.807) is 0 Å². The van der Waals surface area contributed by atoms with Crippen molar-refractivity contribution in [2.24, 2.45) is 5.92 Å². The maximum atomic E-state index is 12.2. The van der Waals surface area contributed by atoms with Gasteiger partial charge in [0.1, 0.15) is 6.04 Å². The van der Waals surface area contributed by atoms with E-state index in [4.69, 9.17) is 0 Å². The van der Waals surface area contributed by atoms with Crippen LogP contribution in [0.4, 0.5) is 9.93 Å². The van der Waals surface area contributed by atoms with Gasteiger partial charge in [0.2, 0.25) is 0 Å². The van der Waals surface area contributed by atoms with Crippen molar-refractivity contribution in [3.8, 4) is 0 Å². The molecule has 7 heteroatoms. The molecule has 20 heavy (non-hydrogen) atoms. The van der Waals surface area contributed by atoms with Crippen molar-refractivity contribution in [1.82, 2.24) is 9.88 Å². The summed E-state index contributed by atoms with van der Waals surface area (Å²) in [5.41, 5.74) is 0.967. The molecule has 1 aliphatic heterocycles. The molecule has 2 atom stereocenters. The predicted octanol–water partition coefficient (Wildman–Crippen LogP) is 2.34. The number of thiazole rings is 1. The fourth-order valence-corrected chi connectivity index (χ4v) is 3.42. The molecule has 2 amide bonds. The first kappa shape index (κ1) is 14.8. The number of aromatic nitrogens is 1. The molecule has 1 aromatic heterocycles. The molecule has 110 valence electrons. The molecule has 0 aliphatic carbocycles. The minimum Gasteiger partial charge on any atom is -0.480 e. The van der Waals surface area contributed by atoms with Crippen LogP contribution in [0.3, 0.4) is 0 Å². The molecule has 1 aliphatic rings. The highest BCUT2D eigenvalue weighted by atomic mass is 32.1. The Labute approximate surface area is 121 Å². The summed E-state index contributed by atoms with van der Waals surface area (Å²) < 4.78 is 0. The Hall–Kier alpha value is -1.63. The lowest BCUT2D eigenvalue weighted by Gasteiger charge is -2.22. The quantitative estimate of drug-likeness (QED) is 0.897. The summed E-state index contributed by atoms with van der Waals surface area (Å²) in [6, 6.07) is -1.13. The average Bonchev–Trinajstić information content (AvgIpc) is 2.92. The fraction of sp³-hybridized carbons (Fsp3) is 0.615. The molecule has 0 bridgehead atoms. The van der Waals surface area contributed by atoms with E-state index in [-0.39, 0.29) is 11.9 Å². The number of hydrogen-bond donors (Lipinski definition) is 2. The van der Waals surface area contributed by atoms with Gasteiger partial charge in [-0.05, 0) is 25.7 Å². The van der Waals surface area contributed by atoms with Gasteiger partial charge in [-0.3, -0.25) is 5.32 Å². The SMILES string of the molecule is CCc1nc(NC(=O)N2CCC(C)C2C(=O)O)sc1C. The second kappa shape index (κ2) is 5.78. The van der Waals surface area contributed by atoms with Crippen molar-refractivity contribution < 1.29 is 14.7 Å². The van der Waals surface area contributed by atoms with Gasteiger partial charge in [0.15, 0.2) is 5.13 Å². The van der Waals surface area contributed by atoms with Crippen molar-refractivity contribution in [3.63, 3.8) is 0 Å². The maximum absolute atomic E-state index is 12.2. The summed E-state index contributed by atoms with van der Waals surface area (Å²) in [5, 5.41) is 12.5. The molecule has 6 nitrogen and oxygen atoms in total. The zero-order valence-corrected chi connectivity index (χ0v) is 12.7. The molecule has 1 aromatic rings. The van der Waals surface area contributed by atoms with Crippen LogP contribution in [0.5, 0.6) is 0 Å². The summed E-state index contributed by atoms with van der Waals surface area (Å²) in [7, 11) is 0. The normalized spacial score (nSPS) is 22.1. The van der Waals surface area contributed by atoms with Gasteiger partial charge < -0.3 is 10.0 Å². The molecule has 2 heterocycles. The van der Waals surface area contributed by atoms with E-state index in [1.807, 2.05) is 20.8 Å². The second-order valence-corrected chi connectivity index (χ2v) is 6.25. The molecule has 2 N–H and O–H groups in total. The number of aryl methyl sites for hydroxylation is 2. The number of carbonyl (C=O) groups excluding carboxylic acids is 1. The Balaban J connectivity index is 2.09. The molecule has 1 saturated heterocycles. The molecule has 0 radical (unpaired) electrons. The third-order valence-electron chi connectivity index (χ3n) is 3.66. The Bertz CT molecular complexity index is 529. The van der Waals surface area contributed by atoms with Gasteiger partial charge >= 0.3 is 12.0 Å². The van der Waals surface area contributed by atoms with Crippen LogP contribution in [0.15, 0.2) is 0 Å². The van der Waals surface area contributed by atoms with Gasteiger partial charge in [-0.15, -0.1) is 11.3 Å². The number of nitrogens with zero attached hydrogens (tertiary/aromatic N) is 2. The van der Waals surface area contributed by atoms with Gasteiger partial charge in [0.25, 0.3) is 0 Å². The summed E-state index contributed by atoms with van der Waals surface area (Å²) >= 11 is 1.42. The maximum Gasteiger partial charge on any atom is 0.326 e. The van der Waals surface area contributed by atoms with Crippen LogP contribution in [0.25, 0.3) is 0 Å². The summed E-state index contributed by atoms with van der Waals surface area (Å²) in [6.45, 7) is 6.30. The monoisotopic (exact) mass is 297 g/mol. The summed E-state index contributed by atoms with van der Waals surface area (Å²) in [4.78, 5) is 30.3. The average molecular weight is 297 g/mol. The van der Waals surface area contributed by atoms with Crippen LogP contribution < -0.4 is 5.32 Å². The number of carboxylic acids is 1. The summed E-state index contributed by atoms with van der Waals surface area (Å²) in [6.07, 6.45) is 1.53. The van der Waals surface area contributed by atoms with Crippen LogP contribution in [-0.4, -0.2) is 39.6 Å². The smallest absolute Gasteiger partial charge is 0.326 e. The van der Waals surface area contributed by atoms with Crippen molar-refractivity contribution in [2.75, 3.05) is 11.9 Å². The zero-order valence-electron chi connectivity index (χ0n) is 11.8. The van der Waals surface area contributed by atoms with E-state index in [0.717, 1.165) is 17.0 Å². The molecule has 0 saturated carbocycles. The third-order valence-corrected chi connectivity index (χ3v) is 4.58. The number of nitrogens with one attached hydrogen (secondary N) is 1. The fourth-order valence-electron chi connectivity index (χ4n) is 2.52. The van der Waals surface area contributed by atoms with Crippen LogP contribution in [-0.2, 0) is 11.2 Å². The lowest BCUT2D eigenvalue weighted by atomic mass is 10.0. The Kier molecular flexibility index (Phi) is 4.27. The minimum atomic E-state index is -0.949. The van der Waals surface area contributed by atoms with Crippen molar-refractivity contribution in [2.45, 2.75) is 39.7 Å². The van der Waals surface area contributed by atoms with Crippen molar-refractivity contribution in [1.29, 1.82) is 0 Å². The first-order valence-electron chi connectivity index (χ1n) is 6.70. The van der Waals surface area contributed by atoms with Gasteiger partial charge in [-0.1, -0.05) is 13.8 Å². The van der Waals surface area contributed by atoms with E-state index < -0.39 is 12.0 Å². The topological polar surface area (TPSA) is 82.5 Å². The number of urea groups is 1. The highest BCUT2D eigenvalue weighted by Gasteiger charge is 2.39. The number of hydrogen-bond acceptors (Lipinski definition) is 4. The van der Waals surface area contributed by atoms with Crippen LogP contribution >= 0.6 is 11.3 Å². The van der Waals surface area contributed by atoms with Crippen LogP contribution in [0.2, 0.25) is 0 Å². The van der Waals surface area contributed by atoms with Crippen LogP contribution in [0, 0.1) is 12.8 Å². The lowest BCUT2D eigenvalue weighted by Crippen LogP contribution is -2.44. The number of carbonyl (C=O) groups is 2. The molecule has 0 aromatic carbocycles. The lowest BCUT2D eigenvalue weighted by molar-refractivity contribution is -0.142. The minimum absolute atomic E-state index is 0.0255. The highest BCUT2D eigenvalue weighted by molar-refractivity contribution is 7.15. The highest BCUT2D eigenvalue weighted by Crippen LogP contribution is 2.27. The standard InChI is InChI=1S/C13H19N3O3S/c1-4-9-8(3)20-12(14-9)15-13(19)16-6-5-7(2)10(16)11(17)18/h7,10H,4-6H2,1-3H3,(H,17,18)(H,14,15,19). The Morgan fingerprint density at radius 3 is 2.80 bits per heavy atom. The Morgan fingerprint density at radius 1 is 1.55 bits per heavy atom. The van der Waals surface area contributed by atoms with Gasteiger partial charge in [-0.25, -0.2) is 14.6 Å². The number of likely N-dealkylation sites (tertiary alicyclic amines) is 1. The first-order valence-corrected chi connectivity index (χ1v) is 7.52. The third kappa shape index (κ3) is 2.77. The predicted molar refractivity (Wildman–Crippen MR) is 77.2 cm³/mol. The molecular formula is C13H19N3O3S. The Morgan fingerprint density at radius 2 is 2.25 bits per heavy atom. The number of rotatable bonds is 3. The molecule has 2 rings (SSSR count). The van der Waals surface area contributed by atoms with Gasteiger partial charge in [0.05, 0.1) is 5.69 Å². The number of aliphatic carboxylic acids is 1. The van der Waals surface area contributed by atoms with Gasteiger partial charge in [0, 0.05) is 11.4 Å². The van der Waals surface area contributed by atoms with E-state index in [9.17, 15) is 14.7 Å². The molecule has 0 spiro atoms. The van der Waals surface area contributed by atoms with Crippen LogP contribution in [0.1, 0.15) is 30.8 Å². The van der Waals surface area contributed by atoms with E-state index in [0.29, 0.717) is 18.1 Å². The van der Waals surface area contributed by atoms with E-state index in [1.165, 1.54) is 16.2 Å². The largest absolute Gasteiger partial charge is 0.480 e. The van der Waals surface area contributed by atoms with Crippen molar-refractivity contribution >= 4 is 28.5 Å². The number of carboxylic acid groups (broad SMARTS) is 1. The van der Waals surface area contributed by atoms with Crippen molar-refractivity contribution in [3.05, 3.63) is 10.6 Å². The second-order valence-electron chi connectivity index (χ2n) is 5.05. The van der Waals surface area contributed by atoms with E-state index >= 15 is 0 Å². The first-order chi connectivity index (χ1) is 9.43. The zero-order chi connectivity index (χ0) is 14.9. The number of anilines is 1. The molecular weight excluding hydrogens is 278 g/mol. The van der Waals surface area contributed by atoms with Gasteiger partial charge in [-0.2, -0.15) is 0 Å².